The van der Waals surface area contributed by atoms with E-state index in [2.05, 4.69) is 21.3 Å². The van der Waals surface area contributed by atoms with Crippen molar-refractivity contribution < 1.29 is 4.79 Å². The third-order valence-corrected chi connectivity index (χ3v) is 5.58. The summed E-state index contributed by atoms with van der Waals surface area (Å²) in [7, 11) is 1.82. The third kappa shape index (κ3) is 3.52. The Morgan fingerprint density at radius 3 is 2.78 bits per heavy atom. The van der Waals surface area contributed by atoms with Gasteiger partial charge < -0.3 is 14.8 Å². The Balaban J connectivity index is 1.43. The molecule has 1 fully saturated rings. The summed E-state index contributed by atoms with van der Waals surface area (Å²) in [5.41, 5.74) is 3.63. The number of imidazole rings is 1. The van der Waals surface area contributed by atoms with Crippen molar-refractivity contribution in [1.82, 2.24) is 19.9 Å². The Labute approximate surface area is 159 Å². The van der Waals surface area contributed by atoms with Crippen LogP contribution in [0.2, 0.25) is 0 Å². The number of anilines is 1. The molecule has 0 atom stereocenters. The molecule has 0 saturated carbocycles. The normalized spacial score (nSPS) is 17.3. The highest BCUT2D eigenvalue weighted by Crippen LogP contribution is 2.28. The zero-order chi connectivity index (χ0) is 18.8. The van der Waals surface area contributed by atoms with Crippen molar-refractivity contribution in [2.75, 3.05) is 18.0 Å². The summed E-state index contributed by atoms with van der Waals surface area (Å²) in [6.07, 6.45) is 9.28. The molecule has 0 aromatic carbocycles. The number of nitriles is 1. The molecule has 1 aliphatic carbocycles. The number of pyridine rings is 1. The Bertz CT molecular complexity index is 888. The van der Waals surface area contributed by atoms with Crippen molar-refractivity contribution in [3.63, 3.8) is 0 Å². The van der Waals surface area contributed by atoms with Gasteiger partial charge in [-0.05, 0) is 50.2 Å². The van der Waals surface area contributed by atoms with Gasteiger partial charge in [-0.25, -0.2) is 9.97 Å². The van der Waals surface area contributed by atoms with Gasteiger partial charge in [0.2, 0.25) is 0 Å². The molecule has 140 valence electrons. The minimum absolute atomic E-state index is 0.0851. The number of aryl methyl sites for hydroxylation is 3. The van der Waals surface area contributed by atoms with Crippen LogP contribution in [0.1, 0.15) is 53.0 Å². The van der Waals surface area contributed by atoms with E-state index in [4.69, 9.17) is 4.98 Å². The van der Waals surface area contributed by atoms with Crippen LogP contribution in [0.15, 0.2) is 18.6 Å². The first-order valence-electron chi connectivity index (χ1n) is 9.60. The van der Waals surface area contributed by atoms with Crippen molar-refractivity contribution in [3.8, 4) is 6.07 Å². The largest absolute Gasteiger partial charge is 0.355 e. The molecule has 27 heavy (non-hydrogen) atoms. The monoisotopic (exact) mass is 364 g/mol. The van der Waals surface area contributed by atoms with E-state index in [-0.39, 0.29) is 11.9 Å². The van der Waals surface area contributed by atoms with Crippen LogP contribution in [0.3, 0.4) is 0 Å². The molecule has 7 nitrogen and oxygen atoms in total. The van der Waals surface area contributed by atoms with Crippen molar-refractivity contribution in [2.45, 2.75) is 44.6 Å². The van der Waals surface area contributed by atoms with Gasteiger partial charge in [0.15, 0.2) is 0 Å². The van der Waals surface area contributed by atoms with Gasteiger partial charge in [0.25, 0.3) is 5.91 Å². The number of rotatable bonds is 3. The fourth-order valence-corrected chi connectivity index (χ4v) is 4.02. The van der Waals surface area contributed by atoms with Crippen molar-refractivity contribution in [1.29, 1.82) is 5.26 Å². The molecule has 2 aromatic rings. The number of carbonyl (C=O) groups excluding carboxylic acids is 1. The predicted octanol–water partition coefficient (Wildman–Crippen LogP) is 1.96. The molecule has 1 N–H and O–H groups in total. The zero-order valence-electron chi connectivity index (χ0n) is 15.6. The highest BCUT2D eigenvalue weighted by Gasteiger charge is 2.25. The van der Waals surface area contributed by atoms with Gasteiger partial charge in [-0.1, -0.05) is 0 Å². The first kappa shape index (κ1) is 17.5. The average molecular weight is 364 g/mol. The maximum Gasteiger partial charge on any atom is 0.269 e. The summed E-state index contributed by atoms with van der Waals surface area (Å²) in [5.74, 6) is 0.729. The van der Waals surface area contributed by atoms with Crippen LogP contribution < -0.4 is 10.2 Å². The van der Waals surface area contributed by atoms with E-state index in [1.165, 1.54) is 18.4 Å². The number of carbonyl (C=O) groups is 1. The van der Waals surface area contributed by atoms with Crippen LogP contribution >= 0.6 is 0 Å². The fourth-order valence-electron chi connectivity index (χ4n) is 4.02. The lowest BCUT2D eigenvalue weighted by atomic mass is 9.94. The minimum atomic E-state index is -0.0851. The van der Waals surface area contributed by atoms with Crippen LogP contribution in [0.5, 0.6) is 0 Å². The van der Waals surface area contributed by atoms with E-state index in [1.54, 1.807) is 17.1 Å². The van der Waals surface area contributed by atoms with E-state index in [0.717, 1.165) is 50.3 Å². The summed E-state index contributed by atoms with van der Waals surface area (Å²) >= 11 is 0. The van der Waals surface area contributed by atoms with Gasteiger partial charge in [0, 0.05) is 31.9 Å². The number of amides is 1. The van der Waals surface area contributed by atoms with Gasteiger partial charge in [-0.3, -0.25) is 4.79 Å². The van der Waals surface area contributed by atoms with Gasteiger partial charge in [-0.15, -0.1) is 0 Å². The number of aromatic nitrogens is 3. The molecule has 1 aliphatic heterocycles. The molecule has 0 radical (unpaired) electrons. The zero-order valence-corrected chi connectivity index (χ0v) is 15.6. The number of piperidine rings is 1. The van der Waals surface area contributed by atoms with Gasteiger partial charge in [0.1, 0.15) is 17.6 Å². The van der Waals surface area contributed by atoms with Crippen LogP contribution in [-0.2, 0) is 19.9 Å². The van der Waals surface area contributed by atoms with E-state index >= 15 is 0 Å². The Morgan fingerprint density at radius 1 is 1.30 bits per heavy atom. The van der Waals surface area contributed by atoms with E-state index in [1.807, 2.05) is 13.1 Å². The molecule has 2 aromatic heterocycles. The van der Waals surface area contributed by atoms with Crippen LogP contribution in [0, 0.1) is 11.3 Å². The first-order valence-corrected chi connectivity index (χ1v) is 9.60. The SMILES string of the molecule is Cn1cncc1C(=O)NC1CCN(c2nc3c(cc2C#N)CCCC3)CC1. The highest BCUT2D eigenvalue weighted by molar-refractivity contribution is 5.92. The molecule has 1 amide bonds. The van der Waals surface area contributed by atoms with Crippen molar-refractivity contribution in [2.24, 2.45) is 7.05 Å². The lowest BCUT2D eigenvalue weighted by Gasteiger charge is -2.34. The van der Waals surface area contributed by atoms with Crippen molar-refractivity contribution in [3.05, 3.63) is 41.1 Å². The molecule has 4 rings (SSSR count). The molecule has 3 heterocycles. The van der Waals surface area contributed by atoms with E-state index in [0.29, 0.717) is 11.3 Å². The number of hydrogen-bond donors (Lipinski definition) is 1. The topological polar surface area (TPSA) is 86.8 Å². The molecule has 0 spiro atoms. The second-order valence-corrected chi connectivity index (χ2v) is 7.41. The minimum Gasteiger partial charge on any atom is -0.355 e. The summed E-state index contributed by atoms with van der Waals surface area (Å²) in [4.78, 5) is 23.4. The van der Waals surface area contributed by atoms with Crippen molar-refractivity contribution >= 4 is 11.7 Å². The summed E-state index contributed by atoms with van der Waals surface area (Å²) in [5, 5.41) is 12.7. The average Bonchev–Trinajstić information content (AvgIpc) is 3.13. The molecule has 0 unspecified atom stereocenters. The second kappa shape index (κ2) is 7.39. The van der Waals surface area contributed by atoms with Gasteiger partial charge in [-0.2, -0.15) is 5.26 Å². The lowest BCUT2D eigenvalue weighted by molar-refractivity contribution is 0.0923. The molecular weight excluding hydrogens is 340 g/mol. The number of fused-ring (bicyclic) bond motifs is 1. The molecule has 7 heteroatoms. The van der Waals surface area contributed by atoms with E-state index < -0.39 is 0 Å². The molecule has 1 saturated heterocycles. The Morgan fingerprint density at radius 2 is 2.07 bits per heavy atom. The number of nitrogens with zero attached hydrogens (tertiary/aromatic N) is 5. The Hall–Kier alpha value is -2.88. The predicted molar refractivity (Wildman–Crippen MR) is 102 cm³/mol. The highest BCUT2D eigenvalue weighted by atomic mass is 16.2. The fraction of sp³-hybridized carbons (Fsp3) is 0.500. The maximum absolute atomic E-state index is 12.4. The Kier molecular flexibility index (Phi) is 4.80. The lowest BCUT2D eigenvalue weighted by Crippen LogP contribution is -2.45. The number of hydrogen-bond acceptors (Lipinski definition) is 5. The van der Waals surface area contributed by atoms with Crippen LogP contribution in [-0.4, -0.2) is 39.6 Å². The standard InChI is InChI=1S/C20H24N6O/c1-25-13-22-12-18(25)20(27)23-16-6-8-26(9-7-16)19-15(11-21)10-14-4-2-3-5-17(14)24-19/h10,12-13,16H,2-9H2,1H3,(H,23,27). The molecular formula is C20H24N6O. The summed E-state index contributed by atoms with van der Waals surface area (Å²) in [6.45, 7) is 1.58. The van der Waals surface area contributed by atoms with E-state index in [9.17, 15) is 10.1 Å². The first-order chi connectivity index (χ1) is 13.2. The number of nitrogens with one attached hydrogen (secondary N) is 1. The van der Waals surface area contributed by atoms with Gasteiger partial charge in [0.05, 0.1) is 18.1 Å². The smallest absolute Gasteiger partial charge is 0.269 e. The summed E-state index contributed by atoms with van der Waals surface area (Å²) in [6, 6.07) is 4.49. The maximum atomic E-state index is 12.4. The second-order valence-electron chi connectivity index (χ2n) is 7.41. The summed E-state index contributed by atoms with van der Waals surface area (Å²) < 4.78 is 1.72. The van der Waals surface area contributed by atoms with Crippen LogP contribution in [0.25, 0.3) is 0 Å². The molecule has 2 aliphatic rings. The molecule has 0 bridgehead atoms. The van der Waals surface area contributed by atoms with Crippen LogP contribution in [0.4, 0.5) is 5.82 Å². The van der Waals surface area contributed by atoms with Gasteiger partial charge >= 0.3 is 0 Å². The third-order valence-electron chi connectivity index (χ3n) is 5.58. The quantitative estimate of drug-likeness (QED) is 0.900.